The summed E-state index contributed by atoms with van der Waals surface area (Å²) in [7, 11) is -3.59. The van der Waals surface area contributed by atoms with Gasteiger partial charge in [0.25, 0.3) is 5.91 Å². The molecule has 0 radical (unpaired) electrons. The van der Waals surface area contributed by atoms with Crippen LogP contribution in [0.25, 0.3) is 0 Å². The summed E-state index contributed by atoms with van der Waals surface area (Å²) in [4.78, 5) is 16.6. The van der Waals surface area contributed by atoms with E-state index >= 15 is 0 Å². The normalized spacial score (nSPS) is 13.3. The number of benzene rings is 2. The van der Waals surface area contributed by atoms with E-state index in [9.17, 15) is 18.3 Å². The van der Waals surface area contributed by atoms with Crippen LogP contribution in [0, 0.1) is 0 Å². The van der Waals surface area contributed by atoms with Crippen LogP contribution in [0.2, 0.25) is 0 Å². The molecule has 1 aromatic heterocycles. The maximum atomic E-state index is 12.8. The average Bonchev–Trinajstić information content (AvgIpc) is 3.26. The van der Waals surface area contributed by atoms with Gasteiger partial charge < -0.3 is 20.2 Å². The van der Waals surface area contributed by atoms with E-state index < -0.39 is 28.1 Å². The van der Waals surface area contributed by atoms with Gasteiger partial charge in [0.1, 0.15) is 6.26 Å². The molecule has 1 amide bonds. The molecule has 3 aromatic rings. The first-order valence-corrected chi connectivity index (χ1v) is 12.9. The molecule has 0 saturated heterocycles. The SMILES string of the molecule is CCc1cccc(CNCC(O)C(Cc2ccccc2)NC(=O)c2coc(NS(C)(=O)=O)n2)c1. The van der Waals surface area contributed by atoms with E-state index in [0.717, 1.165) is 30.1 Å². The maximum absolute atomic E-state index is 12.8. The van der Waals surface area contributed by atoms with Crippen LogP contribution in [0.5, 0.6) is 0 Å². The second kappa shape index (κ2) is 11.8. The van der Waals surface area contributed by atoms with Crippen molar-refractivity contribution in [3.63, 3.8) is 0 Å². The molecule has 0 aliphatic carbocycles. The van der Waals surface area contributed by atoms with Crippen molar-refractivity contribution >= 4 is 21.9 Å². The number of rotatable bonds is 12. The first-order valence-electron chi connectivity index (χ1n) is 11.0. The smallest absolute Gasteiger partial charge is 0.309 e. The predicted molar refractivity (Wildman–Crippen MR) is 130 cm³/mol. The van der Waals surface area contributed by atoms with Crippen LogP contribution < -0.4 is 15.4 Å². The Morgan fingerprint density at radius 2 is 1.79 bits per heavy atom. The highest BCUT2D eigenvalue weighted by molar-refractivity contribution is 7.91. The number of oxazole rings is 1. The minimum atomic E-state index is -3.59. The number of amides is 1. The van der Waals surface area contributed by atoms with Crippen molar-refractivity contribution in [1.82, 2.24) is 15.6 Å². The molecule has 2 unspecified atom stereocenters. The third-order valence-electron chi connectivity index (χ3n) is 5.17. The van der Waals surface area contributed by atoms with E-state index in [1.807, 2.05) is 42.5 Å². The van der Waals surface area contributed by atoms with Crippen LogP contribution >= 0.6 is 0 Å². The van der Waals surface area contributed by atoms with Gasteiger partial charge in [-0.05, 0) is 29.5 Å². The van der Waals surface area contributed by atoms with Gasteiger partial charge in [-0.2, -0.15) is 4.98 Å². The van der Waals surface area contributed by atoms with Crippen molar-refractivity contribution in [2.24, 2.45) is 0 Å². The molecule has 0 fully saturated rings. The number of anilines is 1. The zero-order valence-electron chi connectivity index (χ0n) is 19.2. The number of carbonyl (C=O) groups excluding carboxylic acids is 1. The van der Waals surface area contributed by atoms with Crippen LogP contribution in [0.15, 0.2) is 65.3 Å². The fourth-order valence-corrected chi connectivity index (χ4v) is 3.85. The molecule has 4 N–H and O–H groups in total. The van der Waals surface area contributed by atoms with Gasteiger partial charge in [0, 0.05) is 13.1 Å². The number of aliphatic hydroxyl groups excluding tert-OH is 1. The molecule has 34 heavy (non-hydrogen) atoms. The topological polar surface area (TPSA) is 134 Å². The molecular formula is C24H30N4O5S. The van der Waals surface area contributed by atoms with E-state index in [4.69, 9.17) is 4.42 Å². The Balaban J connectivity index is 1.65. The third-order valence-corrected chi connectivity index (χ3v) is 5.72. The number of aromatic nitrogens is 1. The lowest BCUT2D eigenvalue weighted by molar-refractivity contribution is 0.0825. The van der Waals surface area contributed by atoms with Gasteiger partial charge >= 0.3 is 6.01 Å². The predicted octanol–water partition coefficient (Wildman–Crippen LogP) is 2.10. The molecule has 0 bridgehead atoms. The minimum absolute atomic E-state index is 0.0965. The standard InChI is InChI=1S/C24H30N4O5S/c1-3-17-10-7-11-19(12-17)14-25-15-22(29)20(13-18-8-5-4-6-9-18)26-23(30)21-16-33-24(27-21)28-34(2,31)32/h4-12,16,20,22,25,29H,3,13-15H2,1-2H3,(H,26,30)(H,27,28). The van der Waals surface area contributed by atoms with E-state index in [0.29, 0.717) is 13.0 Å². The van der Waals surface area contributed by atoms with Gasteiger partial charge in [-0.3, -0.25) is 4.79 Å². The van der Waals surface area contributed by atoms with Crippen LogP contribution in [-0.2, 0) is 29.4 Å². The number of sulfonamides is 1. The van der Waals surface area contributed by atoms with Crippen molar-refractivity contribution in [2.75, 3.05) is 17.5 Å². The molecule has 0 saturated carbocycles. The monoisotopic (exact) mass is 486 g/mol. The van der Waals surface area contributed by atoms with E-state index in [1.54, 1.807) is 0 Å². The fourth-order valence-electron chi connectivity index (χ4n) is 3.44. The quantitative estimate of drug-likeness (QED) is 0.308. The molecule has 182 valence electrons. The summed E-state index contributed by atoms with van der Waals surface area (Å²) in [6.07, 6.45) is 2.47. The zero-order valence-corrected chi connectivity index (χ0v) is 20.0. The lowest BCUT2D eigenvalue weighted by Crippen LogP contribution is -2.48. The Morgan fingerprint density at radius 3 is 2.50 bits per heavy atom. The largest absolute Gasteiger partial charge is 0.431 e. The zero-order chi connectivity index (χ0) is 24.6. The number of aliphatic hydroxyl groups is 1. The van der Waals surface area contributed by atoms with Gasteiger partial charge in [0.15, 0.2) is 5.69 Å². The Kier molecular flexibility index (Phi) is 8.80. The van der Waals surface area contributed by atoms with Crippen LogP contribution in [-0.4, -0.2) is 49.4 Å². The van der Waals surface area contributed by atoms with E-state index in [-0.39, 0.29) is 18.3 Å². The molecule has 3 rings (SSSR count). The van der Waals surface area contributed by atoms with Gasteiger partial charge in [-0.15, -0.1) is 0 Å². The Labute approximate surface area is 199 Å². The fraction of sp³-hybridized carbons (Fsp3) is 0.333. The highest BCUT2D eigenvalue weighted by Gasteiger charge is 2.24. The van der Waals surface area contributed by atoms with Gasteiger partial charge in [0.05, 0.1) is 18.4 Å². The number of hydrogen-bond donors (Lipinski definition) is 4. The van der Waals surface area contributed by atoms with Crippen molar-refractivity contribution < 1.29 is 22.7 Å². The second-order valence-electron chi connectivity index (χ2n) is 8.05. The first kappa shape index (κ1) is 25.4. The molecule has 2 atom stereocenters. The lowest BCUT2D eigenvalue weighted by Gasteiger charge is -2.24. The minimum Gasteiger partial charge on any atom is -0.431 e. The summed E-state index contributed by atoms with van der Waals surface area (Å²) in [5.74, 6) is -0.582. The highest BCUT2D eigenvalue weighted by Crippen LogP contribution is 2.12. The highest BCUT2D eigenvalue weighted by atomic mass is 32.2. The summed E-state index contributed by atoms with van der Waals surface area (Å²) < 4.78 is 29.8. The molecule has 10 heteroatoms. The maximum Gasteiger partial charge on any atom is 0.309 e. The van der Waals surface area contributed by atoms with Crippen LogP contribution in [0.4, 0.5) is 6.01 Å². The van der Waals surface area contributed by atoms with Gasteiger partial charge in [0.2, 0.25) is 10.0 Å². The summed E-state index contributed by atoms with van der Waals surface area (Å²) >= 11 is 0. The number of aryl methyl sites for hydroxylation is 1. The molecular weight excluding hydrogens is 456 g/mol. The lowest BCUT2D eigenvalue weighted by atomic mass is 10.0. The van der Waals surface area contributed by atoms with E-state index in [1.165, 1.54) is 5.56 Å². The Morgan fingerprint density at radius 1 is 1.09 bits per heavy atom. The van der Waals surface area contributed by atoms with Crippen LogP contribution in [0.1, 0.15) is 34.1 Å². The number of carbonyl (C=O) groups is 1. The molecule has 2 aromatic carbocycles. The summed E-state index contributed by atoms with van der Waals surface area (Å²) in [5, 5.41) is 16.9. The summed E-state index contributed by atoms with van der Waals surface area (Å²) in [5.41, 5.74) is 3.21. The molecule has 0 spiro atoms. The molecule has 9 nitrogen and oxygen atoms in total. The molecule has 1 heterocycles. The van der Waals surface area contributed by atoms with Gasteiger partial charge in [-0.25, -0.2) is 13.1 Å². The first-order chi connectivity index (χ1) is 16.2. The van der Waals surface area contributed by atoms with Crippen molar-refractivity contribution in [3.8, 4) is 0 Å². The number of nitrogens with one attached hydrogen (secondary N) is 3. The summed E-state index contributed by atoms with van der Waals surface area (Å²) in [6.45, 7) is 2.94. The average molecular weight is 487 g/mol. The van der Waals surface area contributed by atoms with E-state index in [2.05, 4.69) is 39.4 Å². The second-order valence-corrected chi connectivity index (χ2v) is 9.80. The Bertz CT molecular complexity index is 1180. The summed E-state index contributed by atoms with van der Waals surface area (Å²) in [6, 6.07) is 16.8. The van der Waals surface area contributed by atoms with Crippen LogP contribution in [0.3, 0.4) is 0 Å². The third kappa shape index (κ3) is 7.98. The number of hydrogen-bond acceptors (Lipinski definition) is 7. The molecule has 0 aliphatic rings. The van der Waals surface area contributed by atoms with Crippen molar-refractivity contribution in [2.45, 2.75) is 38.5 Å². The van der Waals surface area contributed by atoms with Crippen molar-refractivity contribution in [3.05, 3.63) is 83.2 Å². The van der Waals surface area contributed by atoms with Gasteiger partial charge in [-0.1, -0.05) is 61.5 Å². The number of nitrogens with zero attached hydrogens (tertiary/aromatic N) is 1. The van der Waals surface area contributed by atoms with Crippen molar-refractivity contribution in [1.29, 1.82) is 0 Å². The Hall–Kier alpha value is -3.21. The molecule has 0 aliphatic heterocycles.